The Bertz CT molecular complexity index is 883. The first-order chi connectivity index (χ1) is 11.7. The van der Waals surface area contributed by atoms with Crippen LogP contribution in [0, 0.1) is 0 Å². The van der Waals surface area contributed by atoms with Crippen LogP contribution in [-0.2, 0) is 0 Å². The van der Waals surface area contributed by atoms with Gasteiger partial charge >= 0.3 is 0 Å². The molecule has 0 amide bonds. The van der Waals surface area contributed by atoms with E-state index in [-0.39, 0.29) is 0 Å². The average Bonchev–Trinajstić information content (AvgIpc) is 2.63. The second kappa shape index (κ2) is 7.14. The molecule has 0 aliphatic carbocycles. The van der Waals surface area contributed by atoms with Crippen LogP contribution in [0.15, 0.2) is 97.1 Å². The third-order valence-electron chi connectivity index (χ3n) is 4.24. The largest absolute Gasteiger partial charge is 0.0955 e. The van der Waals surface area contributed by atoms with Gasteiger partial charge in [-0.2, -0.15) is 0 Å². The van der Waals surface area contributed by atoms with Crippen molar-refractivity contribution in [2.45, 2.75) is 13.8 Å². The molecule has 0 saturated heterocycles. The van der Waals surface area contributed by atoms with E-state index in [1.165, 1.54) is 33.4 Å². The zero-order valence-corrected chi connectivity index (χ0v) is 14.3. The fourth-order valence-corrected chi connectivity index (χ4v) is 3.12. The van der Waals surface area contributed by atoms with Crippen LogP contribution in [0.1, 0.15) is 19.4 Å². The first kappa shape index (κ1) is 16.0. The molecule has 0 saturated carbocycles. The highest BCUT2D eigenvalue weighted by Crippen LogP contribution is 2.33. The van der Waals surface area contributed by atoms with E-state index in [0.29, 0.717) is 0 Å². The molecule has 0 fully saturated rings. The number of benzene rings is 3. The number of hydrogen-bond acceptors (Lipinski definition) is 0. The van der Waals surface area contributed by atoms with Gasteiger partial charge in [-0.05, 0) is 53.3 Å². The van der Waals surface area contributed by atoms with Crippen LogP contribution in [0.2, 0.25) is 0 Å². The highest BCUT2D eigenvalue weighted by molar-refractivity contribution is 5.86. The molecule has 3 rings (SSSR count). The summed E-state index contributed by atoms with van der Waals surface area (Å²) in [4.78, 5) is 0. The Hall–Kier alpha value is -2.86. The molecule has 0 unspecified atom stereocenters. The molecule has 0 aliphatic heterocycles. The van der Waals surface area contributed by atoms with Gasteiger partial charge in [0.2, 0.25) is 0 Å². The van der Waals surface area contributed by atoms with Crippen molar-refractivity contribution in [3.8, 4) is 22.3 Å². The van der Waals surface area contributed by atoms with Crippen LogP contribution >= 0.6 is 0 Å². The Morgan fingerprint density at radius 1 is 0.750 bits per heavy atom. The second-order valence-corrected chi connectivity index (χ2v) is 5.98. The highest BCUT2D eigenvalue weighted by atomic mass is 14.1. The molecule has 0 spiro atoms. The average molecular weight is 310 g/mol. The Kier molecular flexibility index (Phi) is 4.77. The zero-order valence-electron chi connectivity index (χ0n) is 14.3. The normalized spacial score (nSPS) is 11.3. The smallest absolute Gasteiger partial charge is 0.0105 e. The van der Waals surface area contributed by atoms with Crippen LogP contribution in [-0.4, -0.2) is 0 Å². The standard InChI is InChI=1S/C24H22/c1-4-22(18(2)3)20-13-10-14-21(17-20)24-16-9-8-15-23(24)19-11-6-5-7-12-19/h4-17H,2H2,1,3H3/b22-4+. The maximum atomic E-state index is 4.10. The number of allylic oxidation sites excluding steroid dienone is 3. The van der Waals surface area contributed by atoms with Gasteiger partial charge in [0.05, 0.1) is 0 Å². The lowest BCUT2D eigenvalue weighted by Crippen LogP contribution is -1.89. The summed E-state index contributed by atoms with van der Waals surface area (Å²) in [6.07, 6.45) is 2.13. The Labute approximate surface area is 144 Å². The molecule has 0 aliphatic rings. The van der Waals surface area contributed by atoms with Crippen LogP contribution in [0.25, 0.3) is 27.8 Å². The molecule has 3 aromatic carbocycles. The third-order valence-corrected chi connectivity index (χ3v) is 4.24. The maximum absolute atomic E-state index is 4.10. The molecule has 0 bridgehead atoms. The van der Waals surface area contributed by atoms with E-state index in [2.05, 4.69) is 105 Å². The van der Waals surface area contributed by atoms with Crippen molar-refractivity contribution in [1.29, 1.82) is 0 Å². The van der Waals surface area contributed by atoms with E-state index in [4.69, 9.17) is 0 Å². The molecule has 0 N–H and O–H groups in total. The summed E-state index contributed by atoms with van der Waals surface area (Å²) in [5.41, 5.74) is 8.48. The fourth-order valence-electron chi connectivity index (χ4n) is 3.12. The van der Waals surface area contributed by atoms with Crippen molar-refractivity contribution in [2.75, 3.05) is 0 Å². The van der Waals surface area contributed by atoms with Crippen molar-refractivity contribution in [3.63, 3.8) is 0 Å². The highest BCUT2D eigenvalue weighted by Gasteiger charge is 2.08. The van der Waals surface area contributed by atoms with E-state index in [0.717, 1.165) is 5.57 Å². The third kappa shape index (κ3) is 3.23. The van der Waals surface area contributed by atoms with Crippen molar-refractivity contribution >= 4 is 5.57 Å². The van der Waals surface area contributed by atoms with Gasteiger partial charge in [-0.3, -0.25) is 0 Å². The summed E-state index contributed by atoms with van der Waals surface area (Å²) >= 11 is 0. The van der Waals surface area contributed by atoms with Gasteiger partial charge in [-0.25, -0.2) is 0 Å². The lowest BCUT2D eigenvalue weighted by atomic mass is 9.91. The second-order valence-electron chi connectivity index (χ2n) is 5.98. The fraction of sp³-hybridized carbons (Fsp3) is 0.0833. The van der Waals surface area contributed by atoms with Crippen molar-refractivity contribution in [1.82, 2.24) is 0 Å². The molecular formula is C24H22. The van der Waals surface area contributed by atoms with Crippen LogP contribution in [0.3, 0.4) is 0 Å². The molecule has 24 heavy (non-hydrogen) atoms. The molecule has 3 aromatic rings. The Morgan fingerprint density at radius 3 is 1.96 bits per heavy atom. The molecule has 0 heterocycles. The lowest BCUT2D eigenvalue weighted by Gasteiger charge is -2.13. The summed E-state index contributed by atoms with van der Waals surface area (Å²) in [6, 6.07) is 27.8. The van der Waals surface area contributed by atoms with Gasteiger partial charge in [-0.1, -0.05) is 91.0 Å². The summed E-state index contributed by atoms with van der Waals surface area (Å²) in [6.45, 7) is 8.22. The summed E-state index contributed by atoms with van der Waals surface area (Å²) in [7, 11) is 0. The first-order valence-electron chi connectivity index (χ1n) is 8.28. The molecule has 0 heteroatoms. The van der Waals surface area contributed by atoms with Crippen LogP contribution in [0.5, 0.6) is 0 Å². The zero-order chi connectivity index (χ0) is 16.9. The van der Waals surface area contributed by atoms with Crippen LogP contribution < -0.4 is 0 Å². The van der Waals surface area contributed by atoms with Gasteiger partial charge in [0.1, 0.15) is 0 Å². The molecule has 0 nitrogen and oxygen atoms in total. The first-order valence-corrected chi connectivity index (χ1v) is 8.28. The van der Waals surface area contributed by atoms with Crippen molar-refractivity contribution < 1.29 is 0 Å². The minimum absolute atomic E-state index is 1.09. The minimum atomic E-state index is 1.09. The summed E-state index contributed by atoms with van der Waals surface area (Å²) < 4.78 is 0. The monoisotopic (exact) mass is 310 g/mol. The molecule has 0 atom stereocenters. The van der Waals surface area contributed by atoms with Crippen LogP contribution in [0.4, 0.5) is 0 Å². The van der Waals surface area contributed by atoms with Gasteiger partial charge in [0.25, 0.3) is 0 Å². The van der Waals surface area contributed by atoms with Gasteiger partial charge in [-0.15, -0.1) is 0 Å². The van der Waals surface area contributed by atoms with Crippen molar-refractivity contribution in [3.05, 3.63) is 103 Å². The maximum Gasteiger partial charge on any atom is -0.0105 e. The van der Waals surface area contributed by atoms with E-state index >= 15 is 0 Å². The molecular weight excluding hydrogens is 288 g/mol. The summed E-state index contributed by atoms with van der Waals surface area (Å²) in [5.74, 6) is 0. The van der Waals surface area contributed by atoms with Crippen molar-refractivity contribution in [2.24, 2.45) is 0 Å². The molecule has 118 valence electrons. The predicted molar refractivity (Wildman–Crippen MR) is 106 cm³/mol. The van der Waals surface area contributed by atoms with E-state index in [1.807, 2.05) is 0 Å². The quantitative estimate of drug-likeness (QED) is 0.455. The van der Waals surface area contributed by atoms with Gasteiger partial charge < -0.3 is 0 Å². The van der Waals surface area contributed by atoms with E-state index < -0.39 is 0 Å². The summed E-state index contributed by atoms with van der Waals surface area (Å²) in [5, 5.41) is 0. The lowest BCUT2D eigenvalue weighted by molar-refractivity contribution is 1.49. The number of rotatable bonds is 4. The molecule has 0 aromatic heterocycles. The number of hydrogen-bond donors (Lipinski definition) is 0. The SMILES string of the molecule is C=C(C)/C(=C\C)c1cccc(-c2ccccc2-c2ccccc2)c1. The minimum Gasteiger partial charge on any atom is -0.0955 e. The van der Waals surface area contributed by atoms with Gasteiger partial charge in [0, 0.05) is 0 Å². The Morgan fingerprint density at radius 2 is 1.33 bits per heavy atom. The Balaban J connectivity index is 2.13. The van der Waals surface area contributed by atoms with E-state index in [1.54, 1.807) is 0 Å². The van der Waals surface area contributed by atoms with Gasteiger partial charge in [0.15, 0.2) is 0 Å². The topological polar surface area (TPSA) is 0 Å². The van der Waals surface area contributed by atoms with E-state index in [9.17, 15) is 0 Å². The predicted octanol–water partition coefficient (Wildman–Crippen LogP) is 7.00. The molecule has 0 radical (unpaired) electrons.